The highest BCUT2D eigenvalue weighted by Gasteiger charge is 2.32. The van der Waals surface area contributed by atoms with E-state index in [-0.39, 0.29) is 12.0 Å². The number of rotatable bonds is 14. The summed E-state index contributed by atoms with van der Waals surface area (Å²) in [5, 5.41) is 18.3. The maximum atomic E-state index is 12.9. The Morgan fingerprint density at radius 3 is 2.45 bits per heavy atom. The molecule has 0 saturated carbocycles. The third-order valence-corrected chi connectivity index (χ3v) is 6.25. The molecule has 1 aliphatic heterocycles. The van der Waals surface area contributed by atoms with Gasteiger partial charge in [0.2, 0.25) is 18.1 Å². The van der Waals surface area contributed by atoms with E-state index in [9.17, 15) is 19.5 Å². The van der Waals surface area contributed by atoms with Crippen LogP contribution >= 0.6 is 11.6 Å². The number of allylic oxidation sites excluding steroid dienone is 5. The molecule has 10 nitrogen and oxygen atoms in total. The third kappa shape index (κ3) is 15.0. The molecule has 1 aliphatic rings. The average Bonchev–Trinajstić information content (AvgIpc) is 2.92. The van der Waals surface area contributed by atoms with Gasteiger partial charge in [-0.05, 0) is 44.4 Å². The van der Waals surface area contributed by atoms with E-state index in [4.69, 9.17) is 25.8 Å². The van der Waals surface area contributed by atoms with Gasteiger partial charge in [0.05, 0.1) is 13.2 Å². The maximum Gasteiger partial charge on any atom is 0.407 e. The van der Waals surface area contributed by atoms with Gasteiger partial charge in [0.25, 0.3) is 0 Å². The molecule has 0 aromatic carbocycles. The number of ether oxygens (including phenoxy) is 3. The van der Waals surface area contributed by atoms with Gasteiger partial charge in [-0.15, -0.1) is 0 Å². The van der Waals surface area contributed by atoms with E-state index in [1.165, 1.54) is 26.4 Å². The molecule has 0 fully saturated rings. The lowest BCUT2D eigenvalue weighted by molar-refractivity contribution is -0.140. The fraction of sp³-hybridized carbons (Fsp3) is 0.516. The van der Waals surface area contributed by atoms with E-state index < -0.39 is 35.9 Å². The van der Waals surface area contributed by atoms with Gasteiger partial charge in [-0.25, -0.2) is 4.79 Å². The van der Waals surface area contributed by atoms with Crippen LogP contribution in [0.4, 0.5) is 4.79 Å². The van der Waals surface area contributed by atoms with Crippen molar-refractivity contribution in [1.29, 1.82) is 0 Å². The molecule has 42 heavy (non-hydrogen) atoms. The minimum absolute atomic E-state index is 0.145. The highest BCUT2D eigenvalue weighted by Crippen LogP contribution is 2.21. The summed E-state index contributed by atoms with van der Waals surface area (Å²) < 4.78 is 15.9. The van der Waals surface area contributed by atoms with Crippen LogP contribution < -0.4 is 16.0 Å². The number of carbonyl (C=O) groups excluding carboxylic acids is 3. The number of amides is 3. The second-order valence-corrected chi connectivity index (χ2v) is 11.4. The molecule has 0 bridgehead atoms. The second-order valence-electron chi connectivity index (χ2n) is 10.8. The van der Waals surface area contributed by atoms with Gasteiger partial charge < -0.3 is 35.3 Å². The minimum Gasteiger partial charge on any atom is -0.496 e. The number of carbonyl (C=O) groups is 3. The minimum atomic E-state index is -1.05. The van der Waals surface area contributed by atoms with E-state index >= 15 is 0 Å². The Hall–Kier alpha value is -3.34. The van der Waals surface area contributed by atoms with Gasteiger partial charge >= 0.3 is 6.09 Å². The van der Waals surface area contributed by atoms with Crippen LogP contribution in [-0.2, 0) is 23.8 Å². The van der Waals surface area contributed by atoms with Crippen LogP contribution in [0.15, 0.2) is 71.2 Å². The third-order valence-electron chi connectivity index (χ3n) is 6.10. The molecule has 1 heterocycles. The zero-order valence-electron chi connectivity index (χ0n) is 25.6. The summed E-state index contributed by atoms with van der Waals surface area (Å²) in [7, 11) is 2.97. The summed E-state index contributed by atoms with van der Waals surface area (Å²) in [6.45, 7) is 9.23. The van der Waals surface area contributed by atoms with Crippen molar-refractivity contribution in [3.05, 3.63) is 71.2 Å². The van der Waals surface area contributed by atoms with Crippen molar-refractivity contribution < 1.29 is 33.7 Å². The van der Waals surface area contributed by atoms with Crippen LogP contribution in [0.3, 0.4) is 0 Å². The first-order valence-electron chi connectivity index (χ1n) is 13.8. The first-order valence-corrected chi connectivity index (χ1v) is 14.2. The molecule has 4 atom stereocenters. The molecule has 0 saturated heterocycles. The molecule has 0 spiro atoms. The van der Waals surface area contributed by atoms with Gasteiger partial charge in [0, 0.05) is 31.0 Å². The molecular weight excluding hydrogens is 562 g/mol. The summed E-state index contributed by atoms with van der Waals surface area (Å²) in [5.74, 6) is -0.368. The first-order chi connectivity index (χ1) is 19.8. The Kier molecular flexibility index (Phi) is 16.6. The molecule has 1 rings (SSSR count). The second kappa shape index (κ2) is 19.0. The highest BCUT2D eigenvalue weighted by atomic mass is 35.5. The van der Waals surface area contributed by atoms with Crippen molar-refractivity contribution in [3.8, 4) is 0 Å². The molecule has 3 amide bonds. The fourth-order valence-electron chi connectivity index (χ4n) is 3.73. The monoisotopic (exact) mass is 607 g/mol. The van der Waals surface area contributed by atoms with Crippen LogP contribution in [0.2, 0.25) is 0 Å². The largest absolute Gasteiger partial charge is 0.496 e. The molecular formula is C31H46ClN3O7. The summed E-state index contributed by atoms with van der Waals surface area (Å²) in [6.07, 6.45) is 15.1. The van der Waals surface area contributed by atoms with Crippen LogP contribution in [-0.4, -0.2) is 61.7 Å². The molecule has 0 aromatic rings. The topological polar surface area (TPSA) is 135 Å². The van der Waals surface area contributed by atoms with Gasteiger partial charge in [0.15, 0.2) is 0 Å². The number of halogens is 1. The van der Waals surface area contributed by atoms with Crippen molar-refractivity contribution in [2.75, 3.05) is 14.2 Å². The Morgan fingerprint density at radius 1 is 1.17 bits per heavy atom. The molecule has 0 aliphatic carbocycles. The van der Waals surface area contributed by atoms with E-state index in [2.05, 4.69) is 16.0 Å². The molecule has 11 heteroatoms. The van der Waals surface area contributed by atoms with E-state index in [0.29, 0.717) is 36.5 Å². The van der Waals surface area contributed by atoms with E-state index in [0.717, 1.165) is 5.57 Å². The lowest BCUT2D eigenvalue weighted by Crippen LogP contribution is -2.52. The standard InChI is InChI=1S/C31H46ClN3O7/c1-21(14-16-24-18-19-25(40-7)29(38)41-24)11-8-9-13-26(36)35-27(31(3,4)5)28(37)34-20-10-12-23(17-15-22(2)32)42-30(39)33-6/h8-11,13-15,19-20,23-24,27,29,38H,12,16-18H2,1-7H3,(H,33,39)(H,34,37)(H,35,36)/b11-8-,13-9-,20-10-,21-14+,22-15+. The Balaban J connectivity index is 2.65. The van der Waals surface area contributed by atoms with E-state index in [1.54, 1.807) is 31.2 Å². The molecule has 0 aromatic heterocycles. The quantitative estimate of drug-likeness (QED) is 0.163. The lowest BCUT2D eigenvalue weighted by Gasteiger charge is -2.29. The van der Waals surface area contributed by atoms with Gasteiger partial charge in [-0.1, -0.05) is 74.4 Å². The molecule has 234 valence electrons. The number of aliphatic hydroxyl groups excluding tert-OH is 1. The fourth-order valence-corrected chi connectivity index (χ4v) is 3.82. The van der Waals surface area contributed by atoms with Crippen molar-refractivity contribution in [2.45, 2.75) is 84.8 Å². The van der Waals surface area contributed by atoms with Crippen LogP contribution in [0, 0.1) is 5.41 Å². The van der Waals surface area contributed by atoms with Crippen LogP contribution in [0.5, 0.6) is 0 Å². The van der Waals surface area contributed by atoms with Crippen LogP contribution in [0.25, 0.3) is 0 Å². The van der Waals surface area contributed by atoms with Crippen molar-refractivity contribution in [2.24, 2.45) is 5.41 Å². The number of aliphatic hydroxyl groups is 1. The highest BCUT2D eigenvalue weighted by molar-refractivity contribution is 6.29. The number of hydrogen-bond donors (Lipinski definition) is 4. The number of methoxy groups -OCH3 is 1. The zero-order valence-corrected chi connectivity index (χ0v) is 26.4. The predicted molar refractivity (Wildman–Crippen MR) is 164 cm³/mol. The molecule has 4 N–H and O–H groups in total. The van der Waals surface area contributed by atoms with Crippen molar-refractivity contribution in [1.82, 2.24) is 16.0 Å². The van der Waals surface area contributed by atoms with Gasteiger partial charge in [-0.3, -0.25) is 9.59 Å². The number of hydrogen-bond acceptors (Lipinski definition) is 7. The zero-order chi connectivity index (χ0) is 31.7. The van der Waals surface area contributed by atoms with Crippen molar-refractivity contribution >= 4 is 29.5 Å². The summed E-state index contributed by atoms with van der Waals surface area (Å²) in [6, 6.07) is -0.803. The maximum absolute atomic E-state index is 12.9. The van der Waals surface area contributed by atoms with Gasteiger partial charge in [-0.2, -0.15) is 0 Å². The Morgan fingerprint density at radius 2 is 1.86 bits per heavy atom. The Bertz CT molecular complexity index is 1080. The summed E-state index contributed by atoms with van der Waals surface area (Å²) in [4.78, 5) is 37.1. The smallest absolute Gasteiger partial charge is 0.407 e. The van der Waals surface area contributed by atoms with Crippen LogP contribution in [0.1, 0.15) is 60.3 Å². The predicted octanol–water partition coefficient (Wildman–Crippen LogP) is 4.88. The number of alkyl carbamates (subject to hydrolysis) is 1. The summed E-state index contributed by atoms with van der Waals surface area (Å²) in [5.41, 5.74) is 0.410. The number of nitrogens with one attached hydrogen (secondary N) is 3. The van der Waals surface area contributed by atoms with Gasteiger partial charge in [0.1, 0.15) is 17.9 Å². The average molecular weight is 608 g/mol. The molecule has 0 radical (unpaired) electrons. The lowest BCUT2D eigenvalue weighted by atomic mass is 9.86. The van der Waals surface area contributed by atoms with E-state index in [1.807, 2.05) is 45.9 Å². The molecule has 4 unspecified atom stereocenters. The first kappa shape index (κ1) is 36.7. The Labute approximate surface area is 254 Å². The summed E-state index contributed by atoms with van der Waals surface area (Å²) >= 11 is 5.89. The normalized spacial score (nSPS) is 19.9. The van der Waals surface area contributed by atoms with Crippen molar-refractivity contribution in [3.63, 3.8) is 0 Å². The SMILES string of the molecule is CNC(=O)OC(C/C=C\NC(=O)C(NC(=O)\C=C/C=C\C(C)=C\CC1CC=C(OC)C(O)O1)C(C)(C)C)C/C=C(\C)Cl.